The molecule has 25 heavy (non-hydrogen) atoms. The molecule has 0 radical (unpaired) electrons. The standard InChI is InChI=1S/C15H11BrFN3O3S2/c16-11-2-1-3-12-14(11)18-15(24-12)20-19-13(21)8-25(22,23)10-6-4-9(17)5-7-10/h1-7H,8H2,(H,18,20)(H,19,21). The summed E-state index contributed by atoms with van der Waals surface area (Å²) in [5.74, 6) is -2.06. The van der Waals surface area contributed by atoms with Crippen molar-refractivity contribution >= 4 is 58.4 Å². The highest BCUT2D eigenvalue weighted by molar-refractivity contribution is 9.10. The van der Waals surface area contributed by atoms with E-state index >= 15 is 0 Å². The van der Waals surface area contributed by atoms with Gasteiger partial charge >= 0.3 is 0 Å². The van der Waals surface area contributed by atoms with Crippen LogP contribution in [0, 0.1) is 5.82 Å². The molecule has 0 fully saturated rings. The van der Waals surface area contributed by atoms with Gasteiger partial charge in [-0.05, 0) is 52.3 Å². The molecule has 0 saturated carbocycles. The van der Waals surface area contributed by atoms with Crippen LogP contribution in [0.25, 0.3) is 10.2 Å². The Morgan fingerprint density at radius 1 is 1.20 bits per heavy atom. The average Bonchev–Trinajstić information content (AvgIpc) is 2.97. The SMILES string of the molecule is O=C(CS(=O)(=O)c1ccc(F)cc1)NNc1nc2c(Br)cccc2s1. The number of carbonyl (C=O) groups excluding carboxylic acids is 1. The molecule has 0 spiro atoms. The van der Waals surface area contributed by atoms with Gasteiger partial charge in [0.05, 0.1) is 15.1 Å². The molecule has 3 rings (SSSR count). The van der Waals surface area contributed by atoms with E-state index in [1.165, 1.54) is 11.3 Å². The van der Waals surface area contributed by atoms with Gasteiger partial charge < -0.3 is 0 Å². The molecule has 0 atom stereocenters. The molecule has 0 aliphatic rings. The number of rotatable bonds is 5. The Bertz CT molecular complexity index is 1040. The van der Waals surface area contributed by atoms with E-state index in [9.17, 15) is 17.6 Å². The molecular weight excluding hydrogens is 433 g/mol. The number of sulfone groups is 1. The second-order valence-corrected chi connectivity index (χ2v) is 8.87. The van der Waals surface area contributed by atoms with Crippen LogP contribution in [0.15, 0.2) is 51.8 Å². The number of amides is 1. The first-order valence-electron chi connectivity index (χ1n) is 6.93. The van der Waals surface area contributed by atoms with Gasteiger partial charge in [-0.1, -0.05) is 17.4 Å². The Hall–Kier alpha value is -2.04. The van der Waals surface area contributed by atoms with Crippen molar-refractivity contribution in [3.05, 3.63) is 52.8 Å². The van der Waals surface area contributed by atoms with Crippen molar-refractivity contribution in [2.45, 2.75) is 4.90 Å². The van der Waals surface area contributed by atoms with E-state index in [4.69, 9.17) is 0 Å². The molecule has 1 aromatic heterocycles. The number of hydrogen-bond donors (Lipinski definition) is 2. The monoisotopic (exact) mass is 443 g/mol. The summed E-state index contributed by atoms with van der Waals surface area (Å²) in [6, 6.07) is 9.89. The second-order valence-electron chi connectivity index (χ2n) is 4.99. The highest BCUT2D eigenvalue weighted by Crippen LogP contribution is 2.30. The van der Waals surface area contributed by atoms with Crippen LogP contribution >= 0.6 is 27.3 Å². The number of halogens is 2. The van der Waals surface area contributed by atoms with E-state index in [0.717, 1.165) is 39.0 Å². The first-order valence-corrected chi connectivity index (χ1v) is 10.2. The Morgan fingerprint density at radius 3 is 2.60 bits per heavy atom. The Kier molecular flexibility index (Phi) is 5.02. The quantitative estimate of drug-likeness (QED) is 0.467. The highest BCUT2D eigenvalue weighted by Gasteiger charge is 2.19. The van der Waals surface area contributed by atoms with Crippen molar-refractivity contribution in [1.29, 1.82) is 0 Å². The Balaban J connectivity index is 1.65. The third-order valence-electron chi connectivity index (χ3n) is 3.17. The van der Waals surface area contributed by atoms with Crippen LogP contribution in [0.2, 0.25) is 0 Å². The van der Waals surface area contributed by atoms with Gasteiger partial charge in [0.2, 0.25) is 5.13 Å². The summed E-state index contributed by atoms with van der Waals surface area (Å²) >= 11 is 4.70. The van der Waals surface area contributed by atoms with Crippen LogP contribution < -0.4 is 10.9 Å². The van der Waals surface area contributed by atoms with E-state index in [1.807, 2.05) is 18.2 Å². The van der Waals surface area contributed by atoms with Crippen LogP contribution in [0.4, 0.5) is 9.52 Å². The lowest BCUT2D eigenvalue weighted by Gasteiger charge is -2.06. The summed E-state index contributed by atoms with van der Waals surface area (Å²) in [6.07, 6.45) is 0. The van der Waals surface area contributed by atoms with E-state index in [1.54, 1.807) is 0 Å². The number of carbonyl (C=O) groups is 1. The van der Waals surface area contributed by atoms with Gasteiger partial charge in [0.15, 0.2) is 9.84 Å². The summed E-state index contributed by atoms with van der Waals surface area (Å²) in [7, 11) is -3.86. The maximum absolute atomic E-state index is 12.9. The van der Waals surface area contributed by atoms with Crippen LogP contribution in [-0.2, 0) is 14.6 Å². The fourth-order valence-corrected chi connectivity index (χ4v) is 4.59. The Labute approximate surface area is 155 Å². The van der Waals surface area contributed by atoms with Gasteiger partial charge in [-0.15, -0.1) is 0 Å². The number of benzene rings is 2. The van der Waals surface area contributed by atoms with Gasteiger partial charge in [-0.3, -0.25) is 15.6 Å². The summed E-state index contributed by atoms with van der Waals surface area (Å²) in [4.78, 5) is 16.1. The van der Waals surface area contributed by atoms with E-state index in [-0.39, 0.29) is 4.90 Å². The number of nitrogens with one attached hydrogen (secondary N) is 2. The number of aromatic nitrogens is 1. The molecule has 2 N–H and O–H groups in total. The molecule has 1 amide bonds. The zero-order chi connectivity index (χ0) is 18.0. The predicted molar refractivity (Wildman–Crippen MR) is 97.5 cm³/mol. The van der Waals surface area contributed by atoms with Crippen molar-refractivity contribution in [3.8, 4) is 0 Å². The number of para-hydroxylation sites is 1. The molecule has 2 aromatic carbocycles. The molecule has 1 heterocycles. The molecule has 0 unspecified atom stereocenters. The lowest BCUT2D eigenvalue weighted by molar-refractivity contribution is -0.118. The van der Waals surface area contributed by atoms with Crippen molar-refractivity contribution in [3.63, 3.8) is 0 Å². The fraction of sp³-hybridized carbons (Fsp3) is 0.0667. The van der Waals surface area contributed by atoms with Crippen LogP contribution in [0.3, 0.4) is 0 Å². The molecule has 6 nitrogen and oxygen atoms in total. The first kappa shape index (κ1) is 17.8. The highest BCUT2D eigenvalue weighted by atomic mass is 79.9. The summed E-state index contributed by atoms with van der Waals surface area (Å²) in [5, 5.41) is 0.425. The lowest BCUT2D eigenvalue weighted by atomic mass is 10.3. The van der Waals surface area contributed by atoms with E-state index in [0.29, 0.717) is 5.13 Å². The molecule has 10 heteroatoms. The largest absolute Gasteiger partial charge is 0.273 e. The number of thiazole rings is 1. The summed E-state index contributed by atoms with van der Waals surface area (Å²) in [6.45, 7) is 0. The molecule has 0 saturated heterocycles. The first-order chi connectivity index (χ1) is 11.8. The van der Waals surface area contributed by atoms with Crippen LogP contribution in [-0.4, -0.2) is 25.1 Å². The van der Waals surface area contributed by atoms with Crippen molar-refractivity contribution < 1.29 is 17.6 Å². The maximum Gasteiger partial charge on any atom is 0.253 e. The Morgan fingerprint density at radius 2 is 1.92 bits per heavy atom. The maximum atomic E-state index is 12.9. The summed E-state index contributed by atoms with van der Waals surface area (Å²) in [5.41, 5.74) is 5.65. The molecule has 0 bridgehead atoms. The van der Waals surface area contributed by atoms with Gasteiger partial charge in [-0.2, -0.15) is 0 Å². The zero-order valence-electron chi connectivity index (χ0n) is 12.5. The fourth-order valence-electron chi connectivity index (χ4n) is 2.03. The third-order valence-corrected chi connectivity index (χ3v) is 6.38. The van der Waals surface area contributed by atoms with Crippen LogP contribution in [0.5, 0.6) is 0 Å². The molecule has 130 valence electrons. The molecule has 0 aliphatic carbocycles. The number of nitrogens with zero attached hydrogens (tertiary/aromatic N) is 1. The summed E-state index contributed by atoms with van der Waals surface area (Å²) < 4.78 is 38.8. The topological polar surface area (TPSA) is 88.2 Å². The van der Waals surface area contributed by atoms with E-state index in [2.05, 4.69) is 31.8 Å². The van der Waals surface area contributed by atoms with Crippen molar-refractivity contribution in [2.75, 3.05) is 11.2 Å². The molecule has 0 aliphatic heterocycles. The number of fused-ring (bicyclic) bond motifs is 1. The van der Waals surface area contributed by atoms with Crippen LogP contribution in [0.1, 0.15) is 0 Å². The average molecular weight is 444 g/mol. The minimum atomic E-state index is -3.86. The van der Waals surface area contributed by atoms with Gasteiger partial charge in [0, 0.05) is 4.47 Å². The number of hydrazine groups is 1. The van der Waals surface area contributed by atoms with Gasteiger partial charge in [0.1, 0.15) is 11.6 Å². The minimum absolute atomic E-state index is 0.118. The molecular formula is C15H11BrFN3O3S2. The van der Waals surface area contributed by atoms with Crippen molar-refractivity contribution in [2.24, 2.45) is 0 Å². The predicted octanol–water partition coefficient (Wildman–Crippen LogP) is 3.11. The third kappa shape index (κ3) is 4.14. The van der Waals surface area contributed by atoms with Gasteiger partial charge in [-0.25, -0.2) is 17.8 Å². The number of hydrogen-bond acceptors (Lipinski definition) is 6. The van der Waals surface area contributed by atoms with E-state index < -0.39 is 27.3 Å². The molecule has 3 aromatic rings. The second kappa shape index (κ2) is 7.06. The normalized spacial score (nSPS) is 11.4. The minimum Gasteiger partial charge on any atom is -0.273 e. The van der Waals surface area contributed by atoms with Crippen molar-refractivity contribution in [1.82, 2.24) is 10.4 Å². The zero-order valence-corrected chi connectivity index (χ0v) is 15.7. The number of anilines is 1. The smallest absolute Gasteiger partial charge is 0.253 e. The van der Waals surface area contributed by atoms with Gasteiger partial charge in [0.25, 0.3) is 5.91 Å². The lowest BCUT2D eigenvalue weighted by Crippen LogP contribution is -2.34.